The largest absolute Gasteiger partial charge is 0.353 e. The molecule has 0 spiro atoms. The Bertz CT molecular complexity index is 1070. The van der Waals surface area contributed by atoms with Crippen LogP contribution in [0.4, 0.5) is 16.3 Å². The summed E-state index contributed by atoms with van der Waals surface area (Å²) < 4.78 is 0. The molecule has 1 aliphatic carbocycles. The lowest BCUT2D eigenvalue weighted by atomic mass is 10.1. The highest BCUT2D eigenvalue weighted by molar-refractivity contribution is 6.14. The molecule has 1 aromatic carbocycles. The van der Waals surface area contributed by atoms with Gasteiger partial charge in [0.2, 0.25) is 0 Å². The van der Waals surface area contributed by atoms with E-state index in [1.807, 2.05) is 11.1 Å². The van der Waals surface area contributed by atoms with E-state index in [9.17, 15) is 14.4 Å². The van der Waals surface area contributed by atoms with E-state index in [-0.39, 0.29) is 11.8 Å². The number of aromatic nitrogens is 1. The summed E-state index contributed by atoms with van der Waals surface area (Å²) in [6, 6.07) is 8.12. The van der Waals surface area contributed by atoms with Crippen LogP contribution in [0.2, 0.25) is 0 Å². The summed E-state index contributed by atoms with van der Waals surface area (Å²) >= 11 is 0. The number of amides is 4. The van der Waals surface area contributed by atoms with Crippen molar-refractivity contribution >= 4 is 29.4 Å². The molecule has 3 fully saturated rings. The van der Waals surface area contributed by atoms with E-state index in [4.69, 9.17) is 4.98 Å². The van der Waals surface area contributed by atoms with Crippen LogP contribution >= 0.6 is 0 Å². The minimum atomic E-state index is -0.562. The van der Waals surface area contributed by atoms with Crippen LogP contribution in [-0.4, -0.2) is 60.0 Å². The number of piperazine rings is 1. The Hall–Kier alpha value is -3.42. The van der Waals surface area contributed by atoms with Crippen LogP contribution in [0.25, 0.3) is 0 Å². The molecule has 1 unspecified atom stereocenters. The second-order valence-corrected chi connectivity index (χ2v) is 8.85. The van der Waals surface area contributed by atoms with Crippen LogP contribution in [0.3, 0.4) is 0 Å². The number of urea groups is 1. The zero-order valence-corrected chi connectivity index (χ0v) is 18.4. The molecule has 1 aromatic heterocycles. The number of carbonyl (C=O) groups excluding carboxylic acids is 3. The molecule has 4 amide bonds. The molecular formula is C24H27N5O3. The van der Waals surface area contributed by atoms with E-state index < -0.39 is 12.1 Å². The molecule has 0 bridgehead atoms. The van der Waals surface area contributed by atoms with Crippen molar-refractivity contribution in [1.82, 2.24) is 15.2 Å². The molecule has 2 aliphatic heterocycles. The average Bonchev–Trinajstić information content (AvgIpc) is 3.61. The Labute approximate surface area is 187 Å². The summed E-state index contributed by atoms with van der Waals surface area (Å²) in [6.07, 6.45) is 4.54. The number of pyridine rings is 1. The Balaban J connectivity index is 1.22. The summed E-state index contributed by atoms with van der Waals surface area (Å²) in [6.45, 7) is 6.54. The third-order valence-corrected chi connectivity index (χ3v) is 6.60. The van der Waals surface area contributed by atoms with E-state index in [0.717, 1.165) is 18.9 Å². The number of hydrogen-bond acceptors (Lipinski definition) is 5. The van der Waals surface area contributed by atoms with Crippen molar-refractivity contribution in [3.8, 4) is 0 Å². The fourth-order valence-corrected chi connectivity index (χ4v) is 4.53. The molecule has 5 rings (SSSR count). The van der Waals surface area contributed by atoms with Gasteiger partial charge in [-0.15, -0.1) is 0 Å². The lowest BCUT2D eigenvalue weighted by Crippen LogP contribution is -2.49. The molecule has 0 radical (unpaired) electrons. The molecule has 1 atom stereocenters. The van der Waals surface area contributed by atoms with Gasteiger partial charge in [-0.2, -0.15) is 0 Å². The number of benzene rings is 1. The molecule has 3 aliphatic rings. The lowest BCUT2D eigenvalue weighted by molar-refractivity contribution is -0.119. The van der Waals surface area contributed by atoms with E-state index in [1.165, 1.54) is 28.9 Å². The van der Waals surface area contributed by atoms with E-state index in [1.54, 1.807) is 31.2 Å². The van der Waals surface area contributed by atoms with Crippen molar-refractivity contribution in [1.29, 1.82) is 0 Å². The minimum absolute atomic E-state index is 0.0278. The van der Waals surface area contributed by atoms with Gasteiger partial charge in [0.25, 0.3) is 11.8 Å². The van der Waals surface area contributed by atoms with E-state index >= 15 is 0 Å². The van der Waals surface area contributed by atoms with Crippen molar-refractivity contribution in [2.45, 2.75) is 38.6 Å². The maximum atomic E-state index is 13.0. The Morgan fingerprint density at radius 1 is 1.06 bits per heavy atom. The van der Waals surface area contributed by atoms with Crippen molar-refractivity contribution in [3.05, 3.63) is 53.2 Å². The van der Waals surface area contributed by atoms with Gasteiger partial charge in [-0.05, 0) is 68.0 Å². The first-order chi connectivity index (χ1) is 15.4. The third kappa shape index (κ3) is 3.70. The van der Waals surface area contributed by atoms with Gasteiger partial charge in [-0.3, -0.25) is 19.8 Å². The zero-order valence-electron chi connectivity index (χ0n) is 18.4. The molecule has 3 heterocycles. The second kappa shape index (κ2) is 7.93. The SMILES string of the molecule is Cc1cc(C2CC2)cnc1N1CCN(C(=O)c2ccc(N3C(=O)NC(=O)C3C)cc2)CC1. The molecule has 2 saturated heterocycles. The number of anilines is 2. The summed E-state index contributed by atoms with van der Waals surface area (Å²) in [4.78, 5) is 46.9. The number of imide groups is 1. The predicted octanol–water partition coefficient (Wildman–Crippen LogP) is 2.67. The van der Waals surface area contributed by atoms with E-state index in [0.29, 0.717) is 30.3 Å². The smallest absolute Gasteiger partial charge is 0.329 e. The summed E-state index contributed by atoms with van der Waals surface area (Å²) in [7, 11) is 0. The summed E-state index contributed by atoms with van der Waals surface area (Å²) in [5.41, 5.74) is 3.71. The topological polar surface area (TPSA) is 85.8 Å². The minimum Gasteiger partial charge on any atom is -0.353 e. The van der Waals surface area contributed by atoms with Crippen LogP contribution in [0.1, 0.15) is 47.2 Å². The normalized spacial score (nSPS) is 21.2. The van der Waals surface area contributed by atoms with Gasteiger partial charge in [0.1, 0.15) is 11.9 Å². The maximum Gasteiger partial charge on any atom is 0.329 e. The molecule has 166 valence electrons. The highest BCUT2D eigenvalue weighted by Crippen LogP contribution is 2.40. The van der Waals surface area contributed by atoms with Crippen LogP contribution in [0, 0.1) is 6.92 Å². The van der Waals surface area contributed by atoms with Crippen LogP contribution in [-0.2, 0) is 4.79 Å². The van der Waals surface area contributed by atoms with E-state index in [2.05, 4.69) is 23.2 Å². The second-order valence-electron chi connectivity index (χ2n) is 8.85. The number of carbonyl (C=O) groups is 3. The highest BCUT2D eigenvalue weighted by atomic mass is 16.2. The fraction of sp³-hybridized carbons (Fsp3) is 0.417. The molecule has 1 N–H and O–H groups in total. The van der Waals surface area contributed by atoms with Crippen LogP contribution in [0.15, 0.2) is 36.5 Å². The Kier molecular flexibility index (Phi) is 5.07. The zero-order chi connectivity index (χ0) is 22.4. The van der Waals surface area contributed by atoms with Crippen molar-refractivity contribution in [2.75, 3.05) is 36.0 Å². The van der Waals surface area contributed by atoms with Gasteiger partial charge in [0.05, 0.1) is 0 Å². The molecule has 32 heavy (non-hydrogen) atoms. The van der Waals surface area contributed by atoms with Crippen molar-refractivity contribution in [3.63, 3.8) is 0 Å². The highest BCUT2D eigenvalue weighted by Gasteiger charge is 2.36. The average molecular weight is 434 g/mol. The van der Waals surface area contributed by atoms with Gasteiger partial charge < -0.3 is 9.80 Å². The molecule has 8 nitrogen and oxygen atoms in total. The van der Waals surface area contributed by atoms with Gasteiger partial charge in [0, 0.05) is 43.6 Å². The Morgan fingerprint density at radius 3 is 2.31 bits per heavy atom. The van der Waals surface area contributed by atoms with Crippen LogP contribution < -0.4 is 15.1 Å². The molecule has 8 heteroatoms. The number of aryl methyl sites for hydroxylation is 1. The van der Waals surface area contributed by atoms with Gasteiger partial charge in [0.15, 0.2) is 0 Å². The maximum absolute atomic E-state index is 13.0. The third-order valence-electron chi connectivity index (χ3n) is 6.60. The number of nitrogens with zero attached hydrogens (tertiary/aromatic N) is 4. The molecule has 2 aromatic rings. The summed E-state index contributed by atoms with van der Waals surface area (Å²) in [5, 5.41) is 2.30. The first-order valence-electron chi connectivity index (χ1n) is 11.2. The van der Waals surface area contributed by atoms with Crippen molar-refractivity contribution in [2.24, 2.45) is 0 Å². The fourth-order valence-electron chi connectivity index (χ4n) is 4.53. The molecular weight excluding hydrogens is 406 g/mol. The first kappa shape index (κ1) is 20.5. The van der Waals surface area contributed by atoms with Crippen molar-refractivity contribution < 1.29 is 14.4 Å². The van der Waals surface area contributed by atoms with Gasteiger partial charge >= 0.3 is 6.03 Å². The lowest BCUT2D eigenvalue weighted by Gasteiger charge is -2.36. The van der Waals surface area contributed by atoms with Crippen LogP contribution in [0.5, 0.6) is 0 Å². The quantitative estimate of drug-likeness (QED) is 0.750. The standard InChI is InChI=1S/C24H27N5O3/c1-15-13-19(17-3-4-17)14-25-21(15)27-9-11-28(12-10-27)23(31)18-5-7-20(8-6-18)29-16(2)22(30)26-24(29)32/h5-8,13-14,16-17H,3-4,9-12H2,1-2H3,(H,26,30,32). The number of nitrogens with one attached hydrogen (secondary N) is 1. The summed E-state index contributed by atoms with van der Waals surface area (Å²) in [5.74, 6) is 1.36. The Morgan fingerprint density at radius 2 is 1.75 bits per heavy atom. The first-order valence-corrected chi connectivity index (χ1v) is 11.2. The monoisotopic (exact) mass is 433 g/mol. The number of rotatable bonds is 4. The molecule has 1 saturated carbocycles. The predicted molar refractivity (Wildman–Crippen MR) is 121 cm³/mol. The number of hydrogen-bond donors (Lipinski definition) is 1. The van der Waals surface area contributed by atoms with Gasteiger partial charge in [-0.25, -0.2) is 9.78 Å². The van der Waals surface area contributed by atoms with Gasteiger partial charge in [-0.1, -0.05) is 6.07 Å².